The van der Waals surface area contributed by atoms with Crippen LogP contribution in [0.25, 0.3) is 0 Å². The van der Waals surface area contributed by atoms with Crippen molar-refractivity contribution in [3.8, 4) is 0 Å². The number of urea groups is 1. The normalized spacial score (nSPS) is 20.8. The zero-order valence-corrected chi connectivity index (χ0v) is 14.9. The van der Waals surface area contributed by atoms with Crippen LogP contribution in [0.4, 0.5) is 4.79 Å². The van der Waals surface area contributed by atoms with E-state index in [2.05, 4.69) is 34.3 Å². The smallest absolute Gasteiger partial charge is 0.255 e. The number of hydrogen-bond acceptors (Lipinski definition) is 5. The average molecular weight is 343 g/mol. The minimum absolute atomic E-state index is 0.278. The molecule has 3 amide bonds. The minimum atomic E-state index is -0.600. The van der Waals surface area contributed by atoms with E-state index in [1.807, 2.05) is 6.92 Å². The number of amides is 3. The summed E-state index contributed by atoms with van der Waals surface area (Å²) < 4.78 is 1.43. The van der Waals surface area contributed by atoms with E-state index in [0.29, 0.717) is 22.5 Å². The second kappa shape index (κ2) is 6.32. The van der Waals surface area contributed by atoms with Crippen molar-refractivity contribution >= 4 is 40.4 Å². The molecular weight excluding hydrogens is 324 g/mol. The van der Waals surface area contributed by atoms with E-state index in [4.69, 9.17) is 0 Å². The third kappa shape index (κ3) is 2.91. The summed E-state index contributed by atoms with van der Waals surface area (Å²) >= 11 is 1.52. The standard InChI is InChI=1S/C17H19N4O2S/c1-10-5-7-12(8-6-10)9-24-15-13-14(18-11(2)19-15)20(3)17(23)21(4)16(13)22/h5-8,13H,9H2,1-4H3/q+1. The molecule has 0 aliphatic carbocycles. The first-order chi connectivity index (χ1) is 11.4. The topological polar surface area (TPSA) is 65.1 Å². The van der Waals surface area contributed by atoms with Gasteiger partial charge in [0.05, 0.1) is 14.1 Å². The highest BCUT2D eigenvalue weighted by Gasteiger charge is 2.48. The van der Waals surface area contributed by atoms with Crippen molar-refractivity contribution < 1.29 is 14.2 Å². The lowest BCUT2D eigenvalue weighted by molar-refractivity contribution is -0.407. The molecule has 1 atom stereocenters. The van der Waals surface area contributed by atoms with E-state index in [1.165, 1.54) is 28.9 Å². The maximum Gasteiger partial charge on any atom is 0.445 e. The highest BCUT2D eigenvalue weighted by Crippen LogP contribution is 2.27. The first kappa shape index (κ1) is 16.6. The molecule has 0 radical (unpaired) electrons. The van der Waals surface area contributed by atoms with Crippen LogP contribution >= 0.6 is 11.8 Å². The van der Waals surface area contributed by atoms with Crippen LogP contribution in [0.3, 0.4) is 0 Å². The zero-order chi connectivity index (χ0) is 17.4. The largest absolute Gasteiger partial charge is 0.445 e. The van der Waals surface area contributed by atoms with Crippen LogP contribution < -0.4 is 0 Å². The van der Waals surface area contributed by atoms with E-state index in [1.54, 1.807) is 14.0 Å². The fourth-order valence-corrected chi connectivity index (χ4v) is 3.72. The van der Waals surface area contributed by atoms with Gasteiger partial charge in [-0.25, -0.2) is 9.79 Å². The van der Waals surface area contributed by atoms with Crippen molar-refractivity contribution in [2.24, 2.45) is 15.9 Å². The van der Waals surface area contributed by atoms with Gasteiger partial charge in [0.2, 0.25) is 5.84 Å². The molecule has 0 saturated heterocycles. The van der Waals surface area contributed by atoms with Gasteiger partial charge < -0.3 is 0 Å². The maximum atomic E-state index is 12.6. The Labute approximate surface area is 145 Å². The Balaban J connectivity index is 1.90. The molecule has 0 spiro atoms. The highest BCUT2D eigenvalue weighted by atomic mass is 32.2. The van der Waals surface area contributed by atoms with Gasteiger partial charge in [-0.05, 0) is 12.5 Å². The molecule has 0 N–H and O–H groups in total. The Morgan fingerprint density at radius 2 is 1.83 bits per heavy atom. The van der Waals surface area contributed by atoms with E-state index >= 15 is 0 Å². The van der Waals surface area contributed by atoms with Crippen LogP contribution in [0.2, 0.25) is 0 Å². The van der Waals surface area contributed by atoms with Gasteiger partial charge in [-0.1, -0.05) is 34.8 Å². The van der Waals surface area contributed by atoms with Gasteiger partial charge in [0, 0.05) is 12.7 Å². The summed E-state index contributed by atoms with van der Waals surface area (Å²) in [6, 6.07) is 7.90. The lowest BCUT2D eigenvalue weighted by Gasteiger charge is -2.26. The van der Waals surface area contributed by atoms with Gasteiger partial charge in [0.15, 0.2) is 5.92 Å². The number of carbonyl (C=O) groups excluding carboxylic acids is 2. The molecule has 2 aliphatic heterocycles. The molecule has 124 valence electrons. The molecule has 1 aromatic carbocycles. The number of amidine groups is 2. The Morgan fingerprint density at radius 3 is 2.50 bits per heavy atom. The van der Waals surface area contributed by atoms with Crippen LogP contribution in [0.15, 0.2) is 34.3 Å². The minimum Gasteiger partial charge on any atom is -0.255 e. The number of imide groups is 1. The molecule has 0 fully saturated rings. The van der Waals surface area contributed by atoms with Crippen molar-refractivity contribution in [2.75, 3.05) is 14.1 Å². The summed E-state index contributed by atoms with van der Waals surface area (Å²) in [4.78, 5) is 34.6. The molecule has 7 heteroatoms. The van der Waals surface area contributed by atoms with Crippen LogP contribution in [0.1, 0.15) is 18.1 Å². The van der Waals surface area contributed by atoms with E-state index in [-0.39, 0.29) is 11.9 Å². The number of aliphatic imine (C=N–C) groups is 2. The second-order valence-electron chi connectivity index (χ2n) is 5.91. The third-order valence-corrected chi connectivity index (χ3v) is 5.16. The Hall–Kier alpha value is -2.28. The van der Waals surface area contributed by atoms with Gasteiger partial charge in [-0.2, -0.15) is 9.48 Å². The molecular formula is C17H19N4O2S+. The van der Waals surface area contributed by atoms with Gasteiger partial charge in [0.1, 0.15) is 5.04 Å². The fourth-order valence-electron chi connectivity index (χ4n) is 2.64. The van der Waals surface area contributed by atoms with Gasteiger partial charge >= 0.3 is 11.9 Å². The van der Waals surface area contributed by atoms with Crippen molar-refractivity contribution in [3.63, 3.8) is 0 Å². The van der Waals surface area contributed by atoms with Gasteiger partial charge in [-0.3, -0.25) is 4.79 Å². The molecule has 1 aromatic rings. The summed E-state index contributed by atoms with van der Waals surface area (Å²) in [6.07, 6.45) is 0. The molecule has 2 aliphatic rings. The van der Waals surface area contributed by atoms with E-state index in [9.17, 15) is 9.59 Å². The van der Waals surface area contributed by atoms with Crippen LogP contribution in [-0.2, 0) is 10.5 Å². The number of benzene rings is 1. The molecule has 0 bridgehead atoms. The molecule has 0 aromatic heterocycles. The molecule has 24 heavy (non-hydrogen) atoms. The maximum absolute atomic E-state index is 12.6. The van der Waals surface area contributed by atoms with Crippen molar-refractivity contribution in [3.05, 3.63) is 35.4 Å². The monoisotopic (exact) mass is 343 g/mol. The predicted molar refractivity (Wildman–Crippen MR) is 95.9 cm³/mol. The molecule has 6 nitrogen and oxygen atoms in total. The summed E-state index contributed by atoms with van der Waals surface area (Å²) in [6.45, 7) is 3.82. The average Bonchev–Trinajstić information content (AvgIpc) is 2.57. The number of thioether (sulfide) groups is 1. The lowest BCUT2D eigenvalue weighted by Crippen LogP contribution is -2.54. The number of hydrogen-bond donors (Lipinski definition) is 0. The summed E-state index contributed by atoms with van der Waals surface area (Å²) in [5, 5.41) is 0.689. The van der Waals surface area contributed by atoms with Crippen molar-refractivity contribution in [1.29, 1.82) is 0 Å². The first-order valence-electron chi connectivity index (χ1n) is 7.63. The van der Waals surface area contributed by atoms with Gasteiger partial charge in [-0.15, -0.1) is 11.8 Å². The second-order valence-corrected chi connectivity index (χ2v) is 6.91. The lowest BCUT2D eigenvalue weighted by atomic mass is 10.1. The molecule has 2 heterocycles. The number of fused-ring (bicyclic) bond motifs is 1. The number of nitrogens with zero attached hydrogens (tertiary/aromatic N) is 4. The van der Waals surface area contributed by atoms with Crippen LogP contribution in [-0.4, -0.2) is 52.2 Å². The zero-order valence-electron chi connectivity index (χ0n) is 14.1. The molecule has 3 rings (SSSR count). The van der Waals surface area contributed by atoms with E-state index in [0.717, 1.165) is 10.5 Å². The summed E-state index contributed by atoms with van der Waals surface area (Å²) in [5.41, 5.74) is 2.37. The molecule has 0 saturated carbocycles. The summed E-state index contributed by atoms with van der Waals surface area (Å²) in [5.74, 6) is 0.855. The number of carbonyl (C=O) groups is 2. The van der Waals surface area contributed by atoms with Crippen molar-refractivity contribution in [2.45, 2.75) is 19.6 Å². The molecule has 1 unspecified atom stereocenters. The fraction of sp³-hybridized carbons (Fsp3) is 0.353. The predicted octanol–water partition coefficient (Wildman–Crippen LogP) is 2.31. The third-order valence-electron chi connectivity index (χ3n) is 4.06. The van der Waals surface area contributed by atoms with Crippen LogP contribution in [0, 0.1) is 12.8 Å². The Bertz CT molecular complexity index is 808. The Kier molecular flexibility index (Phi) is 4.36. The Morgan fingerprint density at radius 1 is 1.17 bits per heavy atom. The van der Waals surface area contributed by atoms with Crippen molar-refractivity contribution in [1.82, 2.24) is 4.90 Å². The van der Waals surface area contributed by atoms with Crippen LogP contribution in [0.5, 0.6) is 0 Å². The van der Waals surface area contributed by atoms with E-state index < -0.39 is 5.92 Å². The first-order valence-corrected chi connectivity index (χ1v) is 8.61. The highest BCUT2D eigenvalue weighted by molar-refractivity contribution is 8.13. The number of aryl methyl sites for hydroxylation is 1. The quantitative estimate of drug-likeness (QED) is 0.774. The summed E-state index contributed by atoms with van der Waals surface area (Å²) in [7, 11) is 3.13. The SMILES string of the molecule is CC1=NC2=[N+](C)C(=O)N(C)C(=O)C2C(SCc2ccc(C)cc2)=N1. The van der Waals surface area contributed by atoms with Gasteiger partial charge in [0.25, 0.3) is 5.84 Å². The number of rotatable bonds is 2.